The van der Waals surface area contributed by atoms with Crippen LogP contribution in [0.2, 0.25) is 0 Å². The second-order valence-corrected chi connectivity index (χ2v) is 9.61. The van der Waals surface area contributed by atoms with Gasteiger partial charge in [-0.15, -0.1) is 11.3 Å². The van der Waals surface area contributed by atoms with Crippen LogP contribution in [0.5, 0.6) is 0 Å². The molecule has 0 fully saturated rings. The molecule has 152 valence electrons. The second-order valence-electron chi connectivity index (χ2n) is 7.28. The van der Waals surface area contributed by atoms with Crippen molar-refractivity contribution in [1.29, 1.82) is 0 Å². The van der Waals surface area contributed by atoms with E-state index in [1.165, 1.54) is 4.90 Å². The quantitative estimate of drug-likeness (QED) is 0.611. The molecule has 0 bridgehead atoms. The third-order valence-corrected chi connectivity index (χ3v) is 5.64. The van der Waals surface area contributed by atoms with E-state index in [1.807, 2.05) is 0 Å². The molecule has 0 radical (unpaired) electrons. The van der Waals surface area contributed by atoms with Crippen molar-refractivity contribution in [2.75, 3.05) is 24.6 Å². The zero-order valence-corrected chi connectivity index (χ0v) is 17.4. The standard InChI is InChI=1S/C16H21BrF2N2O5S/c1-15(2,3)26-14(25)20-8(6-22)5-21-7-16(18,19)4-9-10(21)11(13(23)24)27-12(9)17/h8,22H,4-7H2,1-3H3,(H,20,25)(H,23,24). The lowest BCUT2D eigenvalue weighted by Crippen LogP contribution is -2.52. The van der Waals surface area contributed by atoms with Crippen molar-refractivity contribution in [1.82, 2.24) is 5.32 Å². The maximum atomic E-state index is 14.2. The van der Waals surface area contributed by atoms with Crippen LogP contribution < -0.4 is 10.2 Å². The van der Waals surface area contributed by atoms with E-state index >= 15 is 0 Å². The summed E-state index contributed by atoms with van der Waals surface area (Å²) >= 11 is 4.03. The molecule has 7 nitrogen and oxygen atoms in total. The molecule has 11 heteroatoms. The summed E-state index contributed by atoms with van der Waals surface area (Å²) in [5.74, 6) is -4.30. The van der Waals surface area contributed by atoms with Crippen LogP contribution in [-0.2, 0) is 11.2 Å². The zero-order chi connectivity index (χ0) is 20.6. The minimum absolute atomic E-state index is 0.0682. The summed E-state index contributed by atoms with van der Waals surface area (Å²) in [6.45, 7) is 3.57. The molecule has 27 heavy (non-hydrogen) atoms. The minimum Gasteiger partial charge on any atom is -0.477 e. The number of carboxylic acids is 1. The number of hydrogen-bond acceptors (Lipinski definition) is 6. The van der Waals surface area contributed by atoms with Gasteiger partial charge in [-0.1, -0.05) is 0 Å². The number of carbonyl (C=O) groups is 2. The summed E-state index contributed by atoms with van der Waals surface area (Å²) in [6.07, 6.45) is -1.37. The summed E-state index contributed by atoms with van der Waals surface area (Å²) < 4.78 is 33.8. The van der Waals surface area contributed by atoms with Crippen LogP contribution in [0.3, 0.4) is 0 Å². The van der Waals surface area contributed by atoms with Gasteiger partial charge < -0.3 is 25.2 Å². The lowest BCUT2D eigenvalue weighted by Gasteiger charge is -2.37. The van der Waals surface area contributed by atoms with E-state index in [0.717, 1.165) is 11.3 Å². The number of nitrogens with one attached hydrogen (secondary N) is 1. The van der Waals surface area contributed by atoms with Gasteiger partial charge in [-0.25, -0.2) is 18.4 Å². The fraction of sp³-hybridized carbons (Fsp3) is 0.625. The van der Waals surface area contributed by atoms with E-state index in [2.05, 4.69) is 21.2 Å². The van der Waals surface area contributed by atoms with Crippen molar-refractivity contribution in [2.45, 2.75) is 44.8 Å². The number of alkyl halides is 2. The summed E-state index contributed by atoms with van der Waals surface area (Å²) in [5, 5.41) is 21.4. The highest BCUT2D eigenvalue weighted by Gasteiger charge is 2.43. The second kappa shape index (κ2) is 7.88. The zero-order valence-electron chi connectivity index (χ0n) is 15.0. The number of rotatable bonds is 5. The Labute approximate surface area is 167 Å². The van der Waals surface area contributed by atoms with Gasteiger partial charge in [0.15, 0.2) is 0 Å². The summed E-state index contributed by atoms with van der Waals surface area (Å²) in [4.78, 5) is 24.6. The van der Waals surface area contributed by atoms with Crippen molar-refractivity contribution >= 4 is 45.0 Å². The van der Waals surface area contributed by atoms with E-state index in [9.17, 15) is 28.6 Å². The van der Waals surface area contributed by atoms with Crippen molar-refractivity contribution in [3.63, 3.8) is 0 Å². The first-order valence-corrected chi connectivity index (χ1v) is 9.71. The molecule has 1 atom stereocenters. The average Bonchev–Trinajstić information content (AvgIpc) is 2.80. The molecule has 2 rings (SSSR count). The molecule has 0 spiro atoms. The Balaban J connectivity index is 2.27. The van der Waals surface area contributed by atoms with Gasteiger partial charge >= 0.3 is 12.1 Å². The van der Waals surface area contributed by atoms with Gasteiger partial charge in [-0.3, -0.25) is 0 Å². The van der Waals surface area contributed by atoms with Gasteiger partial charge in [0, 0.05) is 18.5 Å². The number of aliphatic hydroxyl groups is 1. The number of amides is 1. The molecule has 2 heterocycles. The lowest BCUT2D eigenvalue weighted by molar-refractivity contribution is 0.00443. The van der Waals surface area contributed by atoms with Gasteiger partial charge in [0.05, 0.1) is 28.7 Å². The summed E-state index contributed by atoms with van der Waals surface area (Å²) in [6, 6.07) is -0.915. The number of aromatic carboxylic acids is 1. The lowest BCUT2D eigenvalue weighted by atomic mass is 10.0. The maximum Gasteiger partial charge on any atom is 0.408 e. The largest absolute Gasteiger partial charge is 0.477 e. The third-order valence-electron chi connectivity index (χ3n) is 3.68. The van der Waals surface area contributed by atoms with Crippen LogP contribution in [0.25, 0.3) is 0 Å². The fourth-order valence-electron chi connectivity index (χ4n) is 2.78. The molecule has 1 aliphatic rings. The molecular weight excluding hydrogens is 450 g/mol. The maximum absolute atomic E-state index is 14.2. The van der Waals surface area contributed by atoms with Crippen LogP contribution in [0.15, 0.2) is 3.79 Å². The van der Waals surface area contributed by atoms with E-state index in [1.54, 1.807) is 20.8 Å². The predicted molar refractivity (Wildman–Crippen MR) is 100 cm³/mol. The number of alkyl carbamates (subject to hydrolysis) is 1. The first-order chi connectivity index (χ1) is 12.3. The van der Waals surface area contributed by atoms with E-state index in [-0.39, 0.29) is 22.7 Å². The smallest absolute Gasteiger partial charge is 0.408 e. The Kier molecular flexibility index (Phi) is 6.37. The molecule has 1 aromatic heterocycles. The molecule has 0 aromatic carbocycles. The number of fused-ring (bicyclic) bond motifs is 1. The number of anilines is 1. The van der Waals surface area contributed by atoms with Crippen molar-refractivity contribution in [2.24, 2.45) is 0 Å². The summed E-state index contributed by atoms with van der Waals surface area (Å²) in [7, 11) is 0. The Hall–Kier alpha value is -1.46. The average molecular weight is 471 g/mol. The molecule has 1 unspecified atom stereocenters. The van der Waals surface area contributed by atoms with E-state index in [0.29, 0.717) is 3.79 Å². The van der Waals surface area contributed by atoms with E-state index in [4.69, 9.17) is 4.74 Å². The number of nitrogens with zero attached hydrogens (tertiary/aromatic N) is 1. The van der Waals surface area contributed by atoms with Crippen molar-refractivity contribution in [3.8, 4) is 0 Å². The molecule has 3 N–H and O–H groups in total. The topological polar surface area (TPSA) is 99.1 Å². The summed E-state index contributed by atoms with van der Waals surface area (Å²) in [5.41, 5.74) is -0.359. The fourth-order valence-corrected chi connectivity index (χ4v) is 4.50. The number of thiophene rings is 1. The van der Waals surface area contributed by atoms with E-state index < -0.39 is 49.2 Å². The van der Waals surface area contributed by atoms with Crippen LogP contribution in [0.1, 0.15) is 36.0 Å². The van der Waals surface area contributed by atoms with Gasteiger partial charge in [-0.2, -0.15) is 0 Å². The van der Waals surface area contributed by atoms with Crippen LogP contribution in [0.4, 0.5) is 19.3 Å². The number of carboxylic acid groups (broad SMARTS) is 1. The van der Waals surface area contributed by atoms with Crippen molar-refractivity contribution in [3.05, 3.63) is 14.2 Å². The molecule has 1 amide bonds. The van der Waals surface area contributed by atoms with Gasteiger partial charge in [0.2, 0.25) is 0 Å². The number of aliphatic hydroxyl groups excluding tert-OH is 1. The number of carbonyl (C=O) groups excluding carboxylic acids is 1. The van der Waals surface area contributed by atoms with Crippen LogP contribution in [-0.4, -0.2) is 59.5 Å². The van der Waals surface area contributed by atoms with Crippen LogP contribution >= 0.6 is 27.3 Å². The predicted octanol–water partition coefficient (Wildman–Crippen LogP) is 3.09. The van der Waals surface area contributed by atoms with Gasteiger partial charge in [-0.05, 0) is 36.7 Å². The highest BCUT2D eigenvalue weighted by atomic mass is 79.9. The molecule has 1 aliphatic heterocycles. The Morgan fingerprint density at radius 2 is 2.07 bits per heavy atom. The minimum atomic E-state index is -3.07. The highest BCUT2D eigenvalue weighted by molar-refractivity contribution is 9.11. The molecule has 0 aliphatic carbocycles. The monoisotopic (exact) mass is 470 g/mol. The van der Waals surface area contributed by atoms with Gasteiger partial charge in [0.25, 0.3) is 5.92 Å². The third kappa shape index (κ3) is 5.52. The Bertz CT molecular complexity index is 735. The first-order valence-electron chi connectivity index (χ1n) is 8.10. The Morgan fingerprint density at radius 3 is 2.59 bits per heavy atom. The van der Waals surface area contributed by atoms with Crippen molar-refractivity contribution < 1.29 is 33.3 Å². The van der Waals surface area contributed by atoms with Crippen LogP contribution in [0, 0.1) is 0 Å². The SMILES string of the molecule is CC(C)(C)OC(=O)NC(CO)CN1CC(F)(F)Cc2c(Br)sc(C(=O)O)c21. The molecule has 1 aromatic rings. The molecule has 0 saturated carbocycles. The Morgan fingerprint density at radius 1 is 1.44 bits per heavy atom. The highest BCUT2D eigenvalue weighted by Crippen LogP contribution is 2.46. The number of ether oxygens (including phenoxy) is 1. The molecule has 0 saturated heterocycles. The number of hydrogen-bond donors (Lipinski definition) is 3. The number of halogens is 3. The molecular formula is C16H21BrF2N2O5S. The van der Waals surface area contributed by atoms with Gasteiger partial charge in [0.1, 0.15) is 10.5 Å². The normalized spacial score (nSPS) is 17.2. The first kappa shape index (κ1) is 21.8.